The number of nitrogens with two attached hydrogens (primary N) is 1. The Labute approximate surface area is 80.7 Å². The molecule has 2 rings (SSSR count). The molecule has 0 aliphatic heterocycles. The summed E-state index contributed by atoms with van der Waals surface area (Å²) in [6.07, 6.45) is 1.97. The van der Waals surface area contributed by atoms with Crippen LogP contribution in [0.25, 0.3) is 11.1 Å². The first-order valence-electron chi connectivity index (χ1n) is 4.39. The van der Waals surface area contributed by atoms with Gasteiger partial charge in [0.25, 0.3) is 0 Å². The maximum absolute atomic E-state index is 11.4. The standard InChI is InChI=1S/C10H10N2O2/c11-4-3-8(13)10-6-7-9(14-10)2-1-5-12-7/h1-2,5-6H,3-4,11H2. The van der Waals surface area contributed by atoms with Crippen molar-refractivity contribution in [2.24, 2.45) is 5.73 Å². The molecule has 0 saturated heterocycles. The van der Waals surface area contributed by atoms with Gasteiger partial charge in [-0.05, 0) is 18.7 Å². The summed E-state index contributed by atoms with van der Waals surface area (Å²) in [5.41, 5.74) is 6.62. The van der Waals surface area contributed by atoms with Crippen LogP contribution < -0.4 is 5.73 Å². The average molecular weight is 190 g/mol. The first-order valence-corrected chi connectivity index (χ1v) is 4.39. The van der Waals surface area contributed by atoms with E-state index in [9.17, 15) is 4.79 Å². The first kappa shape index (κ1) is 8.90. The Morgan fingerprint density at radius 1 is 1.57 bits per heavy atom. The van der Waals surface area contributed by atoms with Gasteiger partial charge in [0.2, 0.25) is 0 Å². The molecule has 0 radical (unpaired) electrons. The largest absolute Gasteiger partial charge is 0.451 e. The van der Waals surface area contributed by atoms with Gasteiger partial charge in [0.1, 0.15) is 5.52 Å². The lowest BCUT2D eigenvalue weighted by Gasteiger charge is -1.90. The summed E-state index contributed by atoms with van der Waals surface area (Å²) < 4.78 is 5.31. The summed E-state index contributed by atoms with van der Waals surface area (Å²) in [7, 11) is 0. The molecule has 0 bridgehead atoms. The molecule has 2 aromatic heterocycles. The minimum absolute atomic E-state index is 0.0782. The number of carbonyl (C=O) groups is 1. The van der Waals surface area contributed by atoms with Crippen molar-refractivity contribution in [1.82, 2.24) is 4.98 Å². The molecule has 2 heterocycles. The zero-order valence-electron chi connectivity index (χ0n) is 7.56. The number of rotatable bonds is 3. The molecule has 2 N–H and O–H groups in total. The van der Waals surface area contributed by atoms with Crippen molar-refractivity contribution in [3.8, 4) is 0 Å². The Morgan fingerprint density at radius 2 is 2.43 bits per heavy atom. The molecular weight excluding hydrogens is 180 g/mol. The molecule has 0 atom stereocenters. The highest BCUT2D eigenvalue weighted by Gasteiger charge is 2.11. The van der Waals surface area contributed by atoms with Crippen LogP contribution in [0.1, 0.15) is 17.0 Å². The highest BCUT2D eigenvalue weighted by molar-refractivity contribution is 5.96. The van der Waals surface area contributed by atoms with Gasteiger partial charge in [-0.3, -0.25) is 9.78 Å². The van der Waals surface area contributed by atoms with E-state index in [4.69, 9.17) is 10.2 Å². The van der Waals surface area contributed by atoms with Crippen molar-refractivity contribution < 1.29 is 9.21 Å². The fourth-order valence-corrected chi connectivity index (χ4v) is 1.26. The number of aromatic nitrogens is 1. The van der Waals surface area contributed by atoms with Gasteiger partial charge in [0.15, 0.2) is 17.1 Å². The second-order valence-electron chi connectivity index (χ2n) is 2.96. The van der Waals surface area contributed by atoms with Crippen molar-refractivity contribution in [2.75, 3.05) is 6.54 Å². The molecule has 0 spiro atoms. The third-order valence-corrected chi connectivity index (χ3v) is 1.93. The second-order valence-corrected chi connectivity index (χ2v) is 2.96. The number of ketones is 1. The number of nitrogens with zero attached hydrogens (tertiary/aromatic N) is 1. The highest BCUT2D eigenvalue weighted by atomic mass is 16.3. The fraction of sp³-hybridized carbons (Fsp3) is 0.200. The van der Waals surface area contributed by atoms with Crippen molar-refractivity contribution in [3.63, 3.8) is 0 Å². The number of furan rings is 1. The number of Topliss-reactive ketones (excluding diaryl/α,β-unsaturated/α-hetero) is 1. The van der Waals surface area contributed by atoms with Gasteiger partial charge in [-0.15, -0.1) is 0 Å². The van der Waals surface area contributed by atoms with Crippen LogP contribution in [0, 0.1) is 0 Å². The van der Waals surface area contributed by atoms with Crippen LogP contribution in [0.5, 0.6) is 0 Å². The molecule has 72 valence electrons. The number of hydrogen-bond donors (Lipinski definition) is 1. The highest BCUT2D eigenvalue weighted by Crippen LogP contribution is 2.17. The minimum Gasteiger partial charge on any atom is -0.451 e. The Morgan fingerprint density at radius 3 is 3.14 bits per heavy atom. The van der Waals surface area contributed by atoms with E-state index in [0.717, 1.165) is 0 Å². The van der Waals surface area contributed by atoms with Crippen molar-refractivity contribution in [1.29, 1.82) is 0 Å². The summed E-state index contributed by atoms with van der Waals surface area (Å²) in [6, 6.07) is 5.19. The number of pyridine rings is 1. The third-order valence-electron chi connectivity index (χ3n) is 1.93. The second kappa shape index (κ2) is 3.59. The summed E-state index contributed by atoms with van der Waals surface area (Å²) in [5.74, 6) is 0.259. The monoisotopic (exact) mass is 190 g/mol. The molecule has 0 fully saturated rings. The number of hydrogen-bond acceptors (Lipinski definition) is 4. The van der Waals surface area contributed by atoms with Gasteiger partial charge in [0.05, 0.1) is 0 Å². The normalized spacial score (nSPS) is 10.6. The van der Waals surface area contributed by atoms with Crippen LogP contribution in [0.2, 0.25) is 0 Å². The molecule has 4 heteroatoms. The molecule has 0 aliphatic rings. The molecule has 0 aliphatic carbocycles. The lowest BCUT2D eigenvalue weighted by atomic mass is 10.2. The molecule has 4 nitrogen and oxygen atoms in total. The summed E-state index contributed by atoms with van der Waals surface area (Å²) in [5, 5.41) is 0. The van der Waals surface area contributed by atoms with Crippen molar-refractivity contribution >= 4 is 16.9 Å². The predicted octanol–water partition coefficient (Wildman–Crippen LogP) is 1.36. The number of fused-ring (bicyclic) bond motifs is 1. The van der Waals surface area contributed by atoms with Crippen LogP contribution in [0.3, 0.4) is 0 Å². The maximum atomic E-state index is 11.4. The molecule has 0 amide bonds. The van der Waals surface area contributed by atoms with E-state index in [1.165, 1.54) is 0 Å². The number of carbonyl (C=O) groups excluding carboxylic acids is 1. The maximum Gasteiger partial charge on any atom is 0.199 e. The average Bonchev–Trinajstić information content (AvgIpc) is 2.61. The summed E-state index contributed by atoms with van der Waals surface area (Å²) >= 11 is 0. The first-order chi connectivity index (χ1) is 6.81. The van der Waals surface area contributed by atoms with E-state index < -0.39 is 0 Å². The van der Waals surface area contributed by atoms with E-state index in [-0.39, 0.29) is 5.78 Å². The fourth-order valence-electron chi connectivity index (χ4n) is 1.26. The molecular formula is C10H10N2O2. The van der Waals surface area contributed by atoms with Crippen LogP contribution in [-0.2, 0) is 0 Å². The molecule has 14 heavy (non-hydrogen) atoms. The van der Waals surface area contributed by atoms with E-state index in [2.05, 4.69) is 4.98 Å². The van der Waals surface area contributed by atoms with Crippen molar-refractivity contribution in [2.45, 2.75) is 6.42 Å². The Kier molecular flexibility index (Phi) is 2.28. The smallest absolute Gasteiger partial charge is 0.199 e. The zero-order valence-corrected chi connectivity index (χ0v) is 7.56. The zero-order chi connectivity index (χ0) is 9.97. The van der Waals surface area contributed by atoms with Crippen LogP contribution >= 0.6 is 0 Å². The Hall–Kier alpha value is -1.68. The quantitative estimate of drug-likeness (QED) is 0.742. The molecule has 2 aromatic rings. The van der Waals surface area contributed by atoms with Gasteiger partial charge in [-0.25, -0.2) is 0 Å². The summed E-state index contributed by atoms with van der Waals surface area (Å²) in [6.45, 7) is 0.337. The topological polar surface area (TPSA) is 69.1 Å². The molecule has 0 saturated carbocycles. The van der Waals surface area contributed by atoms with E-state index in [1.54, 1.807) is 24.4 Å². The third kappa shape index (κ3) is 1.52. The van der Waals surface area contributed by atoms with E-state index in [0.29, 0.717) is 29.8 Å². The Balaban J connectivity index is 2.40. The van der Waals surface area contributed by atoms with Crippen LogP contribution in [0.4, 0.5) is 0 Å². The van der Waals surface area contributed by atoms with Crippen molar-refractivity contribution in [3.05, 3.63) is 30.2 Å². The van der Waals surface area contributed by atoms with Gasteiger partial charge in [0, 0.05) is 18.7 Å². The summed E-state index contributed by atoms with van der Waals surface area (Å²) in [4.78, 5) is 15.5. The lowest BCUT2D eigenvalue weighted by Crippen LogP contribution is -2.06. The van der Waals surface area contributed by atoms with Crippen LogP contribution in [0.15, 0.2) is 28.8 Å². The Bertz CT molecular complexity index is 429. The van der Waals surface area contributed by atoms with E-state index in [1.807, 2.05) is 0 Å². The van der Waals surface area contributed by atoms with E-state index >= 15 is 0 Å². The lowest BCUT2D eigenvalue weighted by molar-refractivity contribution is 0.0961. The van der Waals surface area contributed by atoms with Gasteiger partial charge in [-0.2, -0.15) is 0 Å². The van der Waals surface area contributed by atoms with Gasteiger partial charge >= 0.3 is 0 Å². The predicted molar refractivity (Wildman–Crippen MR) is 52.0 cm³/mol. The van der Waals surface area contributed by atoms with Crippen LogP contribution in [-0.4, -0.2) is 17.3 Å². The SMILES string of the molecule is NCCC(=O)c1cc2ncccc2o1. The minimum atomic E-state index is -0.0782. The molecule has 0 aromatic carbocycles. The van der Waals surface area contributed by atoms with Gasteiger partial charge in [-0.1, -0.05) is 0 Å². The van der Waals surface area contributed by atoms with Gasteiger partial charge < -0.3 is 10.2 Å². The molecule has 0 unspecified atom stereocenters.